The lowest BCUT2D eigenvalue weighted by Crippen LogP contribution is -2.33. The first-order chi connectivity index (χ1) is 9.16. The van der Waals surface area contributed by atoms with Crippen LogP contribution in [-0.4, -0.2) is 30.5 Å². The Morgan fingerprint density at radius 2 is 2.37 bits per heavy atom. The molecule has 0 aromatic carbocycles. The van der Waals surface area contributed by atoms with E-state index < -0.39 is 0 Å². The molecular weight excluding hydrogens is 310 g/mol. The predicted octanol–water partition coefficient (Wildman–Crippen LogP) is 1.26. The maximum atomic E-state index is 11.9. The van der Waals surface area contributed by atoms with Gasteiger partial charge in [-0.15, -0.1) is 0 Å². The zero-order valence-corrected chi connectivity index (χ0v) is 12.3. The second-order valence-corrected chi connectivity index (χ2v) is 5.68. The van der Waals surface area contributed by atoms with Crippen LogP contribution in [0.2, 0.25) is 0 Å². The van der Waals surface area contributed by atoms with E-state index in [0.717, 1.165) is 19.5 Å². The molecule has 1 aliphatic heterocycles. The van der Waals surface area contributed by atoms with E-state index in [2.05, 4.69) is 31.5 Å². The number of amides is 1. The Balaban J connectivity index is 1.80. The third kappa shape index (κ3) is 4.18. The van der Waals surface area contributed by atoms with Crippen LogP contribution in [0.15, 0.2) is 21.5 Å². The lowest BCUT2D eigenvalue weighted by molar-refractivity contribution is 0.0950. The van der Waals surface area contributed by atoms with Crippen molar-refractivity contribution in [1.29, 1.82) is 0 Å². The van der Waals surface area contributed by atoms with Gasteiger partial charge >= 0.3 is 0 Å². The van der Waals surface area contributed by atoms with Crippen molar-refractivity contribution in [2.75, 3.05) is 19.6 Å². The fourth-order valence-electron chi connectivity index (χ4n) is 2.25. The summed E-state index contributed by atoms with van der Waals surface area (Å²) in [5, 5.41) is 6.24. The topological polar surface area (TPSA) is 74.0 Å². The molecule has 1 atom stereocenters. The Labute approximate surface area is 120 Å². The van der Waals surface area contributed by atoms with E-state index in [9.17, 15) is 9.59 Å². The largest absolute Gasteiger partial charge is 0.352 e. The van der Waals surface area contributed by atoms with Crippen molar-refractivity contribution in [1.82, 2.24) is 15.6 Å². The fraction of sp³-hybridized carbons (Fsp3) is 0.538. The SMILES string of the molecule is O=C(NCCC1CCCNC1)c1c[nH]c(=O)c(Br)c1. The van der Waals surface area contributed by atoms with Crippen LogP contribution in [0.25, 0.3) is 0 Å². The molecule has 3 N–H and O–H groups in total. The molecule has 0 aliphatic carbocycles. The van der Waals surface area contributed by atoms with Crippen molar-refractivity contribution in [3.63, 3.8) is 0 Å². The molecule has 6 heteroatoms. The molecule has 1 aromatic heterocycles. The molecule has 2 rings (SSSR count). The molecule has 0 bridgehead atoms. The van der Waals surface area contributed by atoms with Crippen molar-refractivity contribution in [2.24, 2.45) is 5.92 Å². The van der Waals surface area contributed by atoms with E-state index in [0.29, 0.717) is 22.5 Å². The molecule has 1 fully saturated rings. The van der Waals surface area contributed by atoms with Gasteiger partial charge in [-0.25, -0.2) is 0 Å². The average Bonchev–Trinajstić information content (AvgIpc) is 2.43. The number of pyridine rings is 1. The van der Waals surface area contributed by atoms with Crippen molar-refractivity contribution >= 4 is 21.8 Å². The summed E-state index contributed by atoms with van der Waals surface area (Å²) in [6.45, 7) is 2.82. The first-order valence-corrected chi connectivity index (χ1v) is 7.33. The second-order valence-electron chi connectivity index (χ2n) is 4.82. The van der Waals surface area contributed by atoms with Gasteiger partial charge in [0.2, 0.25) is 0 Å². The lowest BCUT2D eigenvalue weighted by Gasteiger charge is -2.22. The molecule has 1 amide bonds. The van der Waals surface area contributed by atoms with Gasteiger partial charge in [0.1, 0.15) is 0 Å². The van der Waals surface area contributed by atoms with Crippen molar-refractivity contribution < 1.29 is 4.79 Å². The molecule has 0 radical (unpaired) electrons. The third-order valence-electron chi connectivity index (χ3n) is 3.36. The van der Waals surface area contributed by atoms with Crippen LogP contribution >= 0.6 is 15.9 Å². The molecule has 1 unspecified atom stereocenters. The van der Waals surface area contributed by atoms with Gasteiger partial charge in [-0.3, -0.25) is 9.59 Å². The zero-order valence-electron chi connectivity index (χ0n) is 10.7. The molecule has 0 saturated carbocycles. The number of H-pyrrole nitrogens is 1. The Hall–Kier alpha value is -1.14. The van der Waals surface area contributed by atoms with Crippen LogP contribution in [-0.2, 0) is 0 Å². The van der Waals surface area contributed by atoms with Crippen molar-refractivity contribution in [3.8, 4) is 0 Å². The Morgan fingerprint density at radius 3 is 3.05 bits per heavy atom. The van der Waals surface area contributed by atoms with Crippen molar-refractivity contribution in [3.05, 3.63) is 32.7 Å². The van der Waals surface area contributed by atoms with Crippen LogP contribution < -0.4 is 16.2 Å². The predicted molar refractivity (Wildman–Crippen MR) is 77.3 cm³/mol. The number of rotatable bonds is 4. The number of halogens is 1. The van der Waals surface area contributed by atoms with Crippen LogP contribution in [0.3, 0.4) is 0 Å². The normalized spacial score (nSPS) is 19.1. The van der Waals surface area contributed by atoms with Gasteiger partial charge in [-0.05, 0) is 60.3 Å². The van der Waals surface area contributed by atoms with Gasteiger partial charge in [-0.2, -0.15) is 0 Å². The number of nitrogens with one attached hydrogen (secondary N) is 3. The quantitative estimate of drug-likeness (QED) is 0.779. The molecular formula is C13H18BrN3O2. The van der Waals surface area contributed by atoms with Gasteiger partial charge < -0.3 is 15.6 Å². The Bertz CT molecular complexity index is 495. The minimum Gasteiger partial charge on any atom is -0.352 e. The fourth-order valence-corrected chi connectivity index (χ4v) is 2.61. The number of aromatic amines is 1. The van der Waals surface area contributed by atoms with Gasteiger partial charge in [0.25, 0.3) is 11.5 Å². The first-order valence-electron chi connectivity index (χ1n) is 6.54. The summed E-state index contributed by atoms with van der Waals surface area (Å²) < 4.78 is 0.372. The van der Waals surface area contributed by atoms with Gasteiger partial charge in [0, 0.05) is 12.7 Å². The molecule has 1 aromatic rings. The number of carbonyl (C=O) groups is 1. The Morgan fingerprint density at radius 1 is 1.53 bits per heavy atom. The van der Waals surface area contributed by atoms with Gasteiger partial charge in [0.05, 0.1) is 10.0 Å². The summed E-state index contributed by atoms with van der Waals surface area (Å²) in [6.07, 6.45) is 4.87. The molecule has 104 valence electrons. The highest BCUT2D eigenvalue weighted by molar-refractivity contribution is 9.10. The highest BCUT2D eigenvalue weighted by Crippen LogP contribution is 2.13. The first kappa shape index (κ1) is 14.3. The van der Waals surface area contributed by atoms with E-state index in [1.807, 2.05) is 0 Å². The monoisotopic (exact) mass is 327 g/mol. The van der Waals surface area contributed by atoms with E-state index >= 15 is 0 Å². The number of hydrogen-bond acceptors (Lipinski definition) is 3. The lowest BCUT2D eigenvalue weighted by atomic mass is 9.96. The molecule has 1 saturated heterocycles. The van der Waals surface area contributed by atoms with Gasteiger partial charge in [-0.1, -0.05) is 0 Å². The smallest absolute Gasteiger partial charge is 0.262 e. The average molecular weight is 328 g/mol. The summed E-state index contributed by atoms with van der Waals surface area (Å²) in [7, 11) is 0. The minimum absolute atomic E-state index is 0.152. The standard InChI is InChI=1S/C13H18BrN3O2/c14-11-6-10(8-17-13(11)19)12(18)16-5-3-9-2-1-4-15-7-9/h6,8-9,15H,1-5,7H2,(H,16,18)(H,17,19). The van der Waals surface area contributed by atoms with E-state index in [1.165, 1.54) is 25.1 Å². The van der Waals surface area contributed by atoms with Crippen molar-refractivity contribution in [2.45, 2.75) is 19.3 Å². The number of aromatic nitrogens is 1. The maximum absolute atomic E-state index is 11.9. The molecule has 19 heavy (non-hydrogen) atoms. The summed E-state index contributed by atoms with van der Waals surface area (Å²) in [6, 6.07) is 1.54. The van der Waals surface area contributed by atoms with Crippen LogP contribution in [0.5, 0.6) is 0 Å². The van der Waals surface area contributed by atoms with E-state index in [4.69, 9.17) is 0 Å². The third-order valence-corrected chi connectivity index (χ3v) is 3.95. The van der Waals surface area contributed by atoms with E-state index in [1.54, 1.807) is 0 Å². The zero-order chi connectivity index (χ0) is 13.7. The number of carbonyl (C=O) groups excluding carboxylic acids is 1. The summed E-state index contributed by atoms with van der Waals surface area (Å²) in [5.74, 6) is 0.497. The maximum Gasteiger partial charge on any atom is 0.262 e. The van der Waals surface area contributed by atoms with E-state index in [-0.39, 0.29) is 11.5 Å². The summed E-state index contributed by atoms with van der Waals surface area (Å²) >= 11 is 3.11. The highest BCUT2D eigenvalue weighted by Gasteiger charge is 2.13. The molecule has 1 aliphatic rings. The summed E-state index contributed by atoms with van der Waals surface area (Å²) in [5.41, 5.74) is 0.234. The van der Waals surface area contributed by atoms with Gasteiger partial charge in [0.15, 0.2) is 0 Å². The summed E-state index contributed by atoms with van der Waals surface area (Å²) in [4.78, 5) is 25.6. The molecule has 0 spiro atoms. The second kappa shape index (κ2) is 6.86. The molecule has 5 nitrogen and oxygen atoms in total. The van der Waals surface area contributed by atoms with Crippen LogP contribution in [0, 0.1) is 5.92 Å². The number of piperidine rings is 1. The minimum atomic E-state index is -0.232. The highest BCUT2D eigenvalue weighted by atomic mass is 79.9. The van der Waals surface area contributed by atoms with Crippen LogP contribution in [0.4, 0.5) is 0 Å². The molecule has 2 heterocycles. The van der Waals surface area contributed by atoms with Crippen LogP contribution in [0.1, 0.15) is 29.6 Å². The number of hydrogen-bond donors (Lipinski definition) is 3. The Kier molecular flexibility index (Phi) is 5.15.